The molecule has 0 bridgehead atoms. The predicted octanol–water partition coefficient (Wildman–Crippen LogP) is 1.40. The van der Waals surface area contributed by atoms with E-state index in [1.165, 1.54) is 4.57 Å². The molecular weight excluding hydrogens is 270 g/mol. The molecule has 0 aromatic carbocycles. The number of pyridine rings is 1. The van der Waals surface area contributed by atoms with Gasteiger partial charge in [0.25, 0.3) is 11.5 Å². The summed E-state index contributed by atoms with van der Waals surface area (Å²) in [7, 11) is 0. The molecule has 1 aromatic rings. The lowest BCUT2D eigenvalue weighted by atomic mass is 10.3. The Bertz CT molecular complexity index is 556. The van der Waals surface area contributed by atoms with Crippen molar-refractivity contribution in [2.75, 3.05) is 19.7 Å². The van der Waals surface area contributed by atoms with E-state index in [4.69, 9.17) is 10.00 Å². The van der Waals surface area contributed by atoms with E-state index in [9.17, 15) is 9.59 Å². The fourth-order valence-corrected chi connectivity index (χ4v) is 1.94. The molecular formula is C15H21N3O3. The molecule has 0 aliphatic heterocycles. The number of ether oxygens (including phenoxy) is 1. The van der Waals surface area contributed by atoms with Crippen LogP contribution in [0.2, 0.25) is 0 Å². The average molecular weight is 291 g/mol. The molecule has 6 nitrogen and oxygen atoms in total. The summed E-state index contributed by atoms with van der Waals surface area (Å²) in [5, 5.41) is 8.51. The highest BCUT2D eigenvalue weighted by Crippen LogP contribution is 2.04. The van der Waals surface area contributed by atoms with E-state index in [0.29, 0.717) is 32.5 Å². The van der Waals surface area contributed by atoms with E-state index in [1.54, 1.807) is 23.2 Å². The van der Waals surface area contributed by atoms with Gasteiger partial charge in [-0.05, 0) is 32.4 Å². The molecule has 1 rings (SSSR count). The Labute approximate surface area is 124 Å². The molecule has 6 heteroatoms. The SMILES string of the molecule is CCN(CC)C(=O)COc1cccn(CCCC#N)c1=O. The Kier molecular flexibility index (Phi) is 7.02. The van der Waals surface area contributed by atoms with E-state index in [1.807, 2.05) is 19.9 Å². The average Bonchev–Trinajstić information content (AvgIpc) is 2.49. The van der Waals surface area contributed by atoms with Gasteiger partial charge in [0, 0.05) is 32.3 Å². The van der Waals surface area contributed by atoms with Crippen LogP contribution in [0.25, 0.3) is 0 Å². The van der Waals surface area contributed by atoms with Crippen LogP contribution in [0.5, 0.6) is 5.75 Å². The molecule has 114 valence electrons. The lowest BCUT2D eigenvalue weighted by molar-refractivity contribution is -0.133. The van der Waals surface area contributed by atoms with Crippen molar-refractivity contribution in [1.82, 2.24) is 9.47 Å². The summed E-state index contributed by atoms with van der Waals surface area (Å²) in [6.45, 7) is 5.35. The number of unbranched alkanes of at least 4 members (excludes halogenated alkanes) is 1. The third-order valence-electron chi connectivity index (χ3n) is 3.14. The van der Waals surface area contributed by atoms with Gasteiger partial charge in [-0.3, -0.25) is 9.59 Å². The molecule has 0 aliphatic carbocycles. The molecule has 0 radical (unpaired) electrons. The first-order valence-corrected chi connectivity index (χ1v) is 7.11. The van der Waals surface area contributed by atoms with Gasteiger partial charge in [-0.2, -0.15) is 5.26 Å². The smallest absolute Gasteiger partial charge is 0.292 e. The molecule has 1 aromatic heterocycles. The molecule has 0 saturated carbocycles. The second kappa shape index (κ2) is 8.80. The van der Waals surface area contributed by atoms with E-state index in [2.05, 4.69) is 0 Å². The highest BCUT2D eigenvalue weighted by molar-refractivity contribution is 5.77. The fourth-order valence-electron chi connectivity index (χ4n) is 1.94. The Morgan fingerprint density at radius 2 is 2.14 bits per heavy atom. The monoisotopic (exact) mass is 291 g/mol. The zero-order valence-electron chi connectivity index (χ0n) is 12.5. The minimum atomic E-state index is -0.275. The summed E-state index contributed by atoms with van der Waals surface area (Å²) < 4.78 is 6.84. The van der Waals surface area contributed by atoms with Crippen molar-refractivity contribution in [3.8, 4) is 11.8 Å². The normalized spacial score (nSPS) is 9.95. The van der Waals surface area contributed by atoms with E-state index >= 15 is 0 Å². The summed E-state index contributed by atoms with van der Waals surface area (Å²) >= 11 is 0. The summed E-state index contributed by atoms with van der Waals surface area (Å²) in [6.07, 6.45) is 2.66. The van der Waals surface area contributed by atoms with Crippen LogP contribution < -0.4 is 10.3 Å². The third-order valence-corrected chi connectivity index (χ3v) is 3.14. The van der Waals surface area contributed by atoms with Crippen molar-refractivity contribution in [2.24, 2.45) is 0 Å². The first kappa shape index (κ1) is 16.8. The van der Waals surface area contributed by atoms with E-state index < -0.39 is 0 Å². The standard InChI is InChI=1S/C15H21N3O3/c1-3-17(4-2)14(19)12-21-13-8-7-11-18(15(13)20)10-6-5-9-16/h7-8,11H,3-6,10,12H2,1-2H3. The first-order chi connectivity index (χ1) is 10.1. The number of carbonyl (C=O) groups is 1. The van der Waals surface area contributed by atoms with Crippen LogP contribution in [0.1, 0.15) is 26.7 Å². The lowest BCUT2D eigenvalue weighted by Gasteiger charge is -2.18. The van der Waals surface area contributed by atoms with Crippen molar-refractivity contribution in [3.05, 3.63) is 28.7 Å². The molecule has 0 aliphatic rings. The molecule has 0 spiro atoms. The molecule has 0 N–H and O–H groups in total. The predicted molar refractivity (Wildman–Crippen MR) is 79.0 cm³/mol. The number of nitriles is 1. The molecule has 0 fully saturated rings. The highest BCUT2D eigenvalue weighted by Gasteiger charge is 2.12. The maximum atomic E-state index is 12.1. The van der Waals surface area contributed by atoms with Crippen molar-refractivity contribution in [3.63, 3.8) is 0 Å². The number of rotatable bonds is 8. The summed E-state index contributed by atoms with van der Waals surface area (Å²) in [5.74, 6) is 0.0225. The fraction of sp³-hybridized carbons (Fsp3) is 0.533. The lowest BCUT2D eigenvalue weighted by Crippen LogP contribution is -2.35. The second-order valence-corrected chi connectivity index (χ2v) is 4.49. The number of aryl methyl sites for hydroxylation is 1. The number of amides is 1. The van der Waals surface area contributed by atoms with Crippen LogP contribution in [-0.4, -0.2) is 35.1 Å². The van der Waals surface area contributed by atoms with Gasteiger partial charge in [0.1, 0.15) is 0 Å². The largest absolute Gasteiger partial charge is 0.478 e. The molecule has 1 heterocycles. The molecule has 0 atom stereocenters. The third kappa shape index (κ3) is 4.95. The van der Waals surface area contributed by atoms with Crippen LogP contribution in [-0.2, 0) is 11.3 Å². The van der Waals surface area contributed by atoms with Gasteiger partial charge in [0.2, 0.25) is 0 Å². The van der Waals surface area contributed by atoms with Gasteiger partial charge in [0.15, 0.2) is 12.4 Å². The summed E-state index contributed by atoms with van der Waals surface area (Å²) in [4.78, 5) is 25.6. The minimum Gasteiger partial charge on any atom is -0.478 e. The van der Waals surface area contributed by atoms with Crippen LogP contribution in [0, 0.1) is 11.3 Å². The van der Waals surface area contributed by atoms with E-state index in [-0.39, 0.29) is 23.8 Å². The van der Waals surface area contributed by atoms with Crippen LogP contribution in [0.4, 0.5) is 0 Å². The summed E-state index contributed by atoms with van der Waals surface area (Å²) in [6, 6.07) is 5.29. The number of nitrogens with zero attached hydrogens (tertiary/aromatic N) is 3. The van der Waals surface area contributed by atoms with Crippen LogP contribution in [0.3, 0.4) is 0 Å². The Morgan fingerprint density at radius 1 is 1.43 bits per heavy atom. The molecule has 21 heavy (non-hydrogen) atoms. The van der Waals surface area contributed by atoms with Crippen molar-refractivity contribution in [1.29, 1.82) is 5.26 Å². The highest BCUT2D eigenvalue weighted by atomic mass is 16.5. The second-order valence-electron chi connectivity index (χ2n) is 4.49. The summed E-state index contributed by atoms with van der Waals surface area (Å²) in [5.41, 5.74) is -0.275. The molecule has 0 unspecified atom stereocenters. The Morgan fingerprint density at radius 3 is 2.76 bits per heavy atom. The van der Waals surface area contributed by atoms with Crippen molar-refractivity contribution < 1.29 is 9.53 Å². The van der Waals surface area contributed by atoms with Gasteiger partial charge < -0.3 is 14.2 Å². The Hall–Kier alpha value is -2.29. The number of carbonyl (C=O) groups excluding carboxylic acids is 1. The molecule has 0 saturated heterocycles. The van der Waals surface area contributed by atoms with Crippen LogP contribution in [0.15, 0.2) is 23.1 Å². The molecule has 1 amide bonds. The first-order valence-electron chi connectivity index (χ1n) is 7.11. The zero-order valence-corrected chi connectivity index (χ0v) is 12.5. The number of hydrogen-bond acceptors (Lipinski definition) is 4. The number of aromatic nitrogens is 1. The Balaban J connectivity index is 2.68. The number of hydrogen-bond donors (Lipinski definition) is 0. The van der Waals surface area contributed by atoms with Gasteiger partial charge in [0.05, 0.1) is 6.07 Å². The van der Waals surface area contributed by atoms with Gasteiger partial charge in [-0.15, -0.1) is 0 Å². The van der Waals surface area contributed by atoms with Gasteiger partial charge in [-0.25, -0.2) is 0 Å². The quantitative estimate of drug-likeness (QED) is 0.678. The van der Waals surface area contributed by atoms with Crippen molar-refractivity contribution in [2.45, 2.75) is 33.2 Å². The number of likely N-dealkylation sites (N-methyl/N-ethyl adjacent to an activating group) is 1. The van der Waals surface area contributed by atoms with Crippen LogP contribution >= 0.6 is 0 Å². The maximum absolute atomic E-state index is 12.1. The topological polar surface area (TPSA) is 75.3 Å². The van der Waals surface area contributed by atoms with Gasteiger partial charge >= 0.3 is 0 Å². The minimum absolute atomic E-state index is 0.140. The zero-order chi connectivity index (χ0) is 15.7. The van der Waals surface area contributed by atoms with Crippen molar-refractivity contribution >= 4 is 5.91 Å². The van der Waals surface area contributed by atoms with Gasteiger partial charge in [-0.1, -0.05) is 0 Å². The van der Waals surface area contributed by atoms with E-state index in [0.717, 1.165) is 0 Å². The maximum Gasteiger partial charge on any atom is 0.292 e.